The molecule has 0 fully saturated rings. The lowest BCUT2D eigenvalue weighted by Gasteiger charge is -2.19. The van der Waals surface area contributed by atoms with Crippen LogP contribution in [0, 0.1) is 12.7 Å². The monoisotopic (exact) mass is 395 g/mol. The lowest BCUT2D eigenvalue weighted by Crippen LogP contribution is -2.28. The number of hydrogen-bond donors (Lipinski definition) is 3. The maximum absolute atomic E-state index is 13.4. The summed E-state index contributed by atoms with van der Waals surface area (Å²) in [6.07, 6.45) is 1.86. The summed E-state index contributed by atoms with van der Waals surface area (Å²) in [6.45, 7) is 3.05. The van der Waals surface area contributed by atoms with E-state index in [0.717, 1.165) is 16.8 Å². The SMILES string of the molecule is COCCNC(c1ccc(F)cc1)c1nc(Nc2cc(C)[nH]n2)c2cccn2n1. The average Bonchev–Trinajstić information content (AvgIpc) is 3.35. The third-order valence-corrected chi connectivity index (χ3v) is 4.48. The van der Waals surface area contributed by atoms with Gasteiger partial charge >= 0.3 is 0 Å². The van der Waals surface area contributed by atoms with Crippen LogP contribution in [0.25, 0.3) is 5.52 Å². The molecule has 8 nitrogen and oxygen atoms in total. The first-order valence-corrected chi connectivity index (χ1v) is 9.26. The number of nitrogens with zero attached hydrogens (tertiary/aromatic N) is 4. The van der Waals surface area contributed by atoms with E-state index in [4.69, 9.17) is 9.72 Å². The number of halogens is 1. The molecule has 9 heteroatoms. The minimum atomic E-state index is -0.334. The van der Waals surface area contributed by atoms with Crippen LogP contribution in [0.2, 0.25) is 0 Å². The second kappa shape index (κ2) is 8.38. The van der Waals surface area contributed by atoms with Gasteiger partial charge in [0.15, 0.2) is 17.5 Å². The summed E-state index contributed by atoms with van der Waals surface area (Å²) in [5.74, 6) is 1.56. The summed E-state index contributed by atoms with van der Waals surface area (Å²) in [5, 5.41) is 18.4. The van der Waals surface area contributed by atoms with Gasteiger partial charge in [-0.15, -0.1) is 0 Å². The molecule has 1 aromatic carbocycles. The molecule has 1 unspecified atom stereocenters. The molecule has 1 atom stereocenters. The van der Waals surface area contributed by atoms with Crippen LogP contribution < -0.4 is 10.6 Å². The Labute approximate surface area is 167 Å². The highest BCUT2D eigenvalue weighted by molar-refractivity contribution is 5.72. The van der Waals surface area contributed by atoms with Gasteiger partial charge in [-0.1, -0.05) is 12.1 Å². The van der Waals surface area contributed by atoms with E-state index in [2.05, 4.69) is 25.9 Å². The highest BCUT2D eigenvalue weighted by atomic mass is 19.1. The van der Waals surface area contributed by atoms with Crippen LogP contribution in [0.15, 0.2) is 48.7 Å². The van der Waals surface area contributed by atoms with Crippen LogP contribution in [-0.2, 0) is 4.74 Å². The highest BCUT2D eigenvalue weighted by Crippen LogP contribution is 2.24. The number of ether oxygens (including phenoxy) is 1. The molecular weight excluding hydrogens is 373 g/mol. The number of benzene rings is 1. The van der Waals surface area contributed by atoms with Gasteiger partial charge in [0.2, 0.25) is 0 Å². The van der Waals surface area contributed by atoms with Crippen molar-refractivity contribution in [3.63, 3.8) is 0 Å². The summed E-state index contributed by atoms with van der Waals surface area (Å²) < 4.78 is 20.4. The topological polar surface area (TPSA) is 92.2 Å². The lowest BCUT2D eigenvalue weighted by molar-refractivity contribution is 0.197. The van der Waals surface area contributed by atoms with Crippen molar-refractivity contribution in [2.75, 3.05) is 25.6 Å². The van der Waals surface area contributed by atoms with Crippen molar-refractivity contribution in [1.82, 2.24) is 30.1 Å². The second-order valence-electron chi connectivity index (χ2n) is 6.65. The number of rotatable bonds is 8. The van der Waals surface area contributed by atoms with Crippen molar-refractivity contribution in [1.29, 1.82) is 0 Å². The first-order valence-electron chi connectivity index (χ1n) is 9.26. The zero-order chi connectivity index (χ0) is 20.2. The van der Waals surface area contributed by atoms with Crippen molar-refractivity contribution in [3.05, 3.63) is 71.6 Å². The third kappa shape index (κ3) is 4.25. The Morgan fingerprint density at radius 2 is 2.07 bits per heavy atom. The molecule has 29 heavy (non-hydrogen) atoms. The summed E-state index contributed by atoms with van der Waals surface area (Å²) in [5.41, 5.74) is 2.62. The van der Waals surface area contributed by atoms with E-state index < -0.39 is 0 Å². The minimum Gasteiger partial charge on any atom is -0.383 e. The van der Waals surface area contributed by atoms with Gasteiger partial charge < -0.3 is 15.4 Å². The van der Waals surface area contributed by atoms with Crippen LogP contribution in [-0.4, -0.2) is 45.1 Å². The molecular formula is C20H22FN7O. The minimum absolute atomic E-state index is 0.289. The first kappa shape index (κ1) is 19.0. The Kier molecular flexibility index (Phi) is 5.50. The molecule has 0 aliphatic carbocycles. The number of anilines is 2. The maximum Gasteiger partial charge on any atom is 0.173 e. The molecule has 0 saturated carbocycles. The third-order valence-electron chi connectivity index (χ3n) is 4.48. The van der Waals surface area contributed by atoms with E-state index in [-0.39, 0.29) is 11.9 Å². The summed E-state index contributed by atoms with van der Waals surface area (Å²) >= 11 is 0. The van der Waals surface area contributed by atoms with E-state index in [9.17, 15) is 4.39 Å². The number of nitrogens with one attached hydrogen (secondary N) is 3. The van der Waals surface area contributed by atoms with Crippen LogP contribution in [0.4, 0.5) is 16.0 Å². The molecule has 3 heterocycles. The molecule has 0 aliphatic heterocycles. The van der Waals surface area contributed by atoms with E-state index in [1.54, 1.807) is 23.8 Å². The van der Waals surface area contributed by atoms with E-state index in [0.29, 0.717) is 30.6 Å². The van der Waals surface area contributed by atoms with E-state index in [1.807, 2.05) is 31.3 Å². The Bertz CT molecular complexity index is 1090. The van der Waals surface area contributed by atoms with Crippen LogP contribution in [0.1, 0.15) is 23.1 Å². The molecule has 3 aromatic heterocycles. The average molecular weight is 395 g/mol. The largest absolute Gasteiger partial charge is 0.383 e. The number of fused-ring (bicyclic) bond motifs is 1. The highest BCUT2D eigenvalue weighted by Gasteiger charge is 2.20. The van der Waals surface area contributed by atoms with Gasteiger partial charge in [0, 0.05) is 31.6 Å². The molecule has 4 aromatic rings. The Morgan fingerprint density at radius 1 is 1.24 bits per heavy atom. The van der Waals surface area contributed by atoms with Crippen LogP contribution in [0.5, 0.6) is 0 Å². The molecule has 0 bridgehead atoms. The smallest absolute Gasteiger partial charge is 0.173 e. The molecule has 3 N–H and O–H groups in total. The van der Waals surface area contributed by atoms with Crippen molar-refractivity contribution < 1.29 is 9.13 Å². The van der Waals surface area contributed by atoms with Gasteiger partial charge in [-0.3, -0.25) is 5.10 Å². The zero-order valence-electron chi connectivity index (χ0n) is 16.2. The number of aromatic amines is 1. The van der Waals surface area contributed by atoms with Gasteiger partial charge in [0.05, 0.1) is 12.6 Å². The predicted octanol–water partition coefficient (Wildman–Crippen LogP) is 2.97. The second-order valence-corrected chi connectivity index (χ2v) is 6.65. The fraction of sp³-hybridized carbons (Fsp3) is 0.250. The Morgan fingerprint density at radius 3 is 2.79 bits per heavy atom. The number of methoxy groups -OCH3 is 1. The maximum atomic E-state index is 13.4. The fourth-order valence-corrected chi connectivity index (χ4v) is 3.09. The summed E-state index contributed by atoms with van der Waals surface area (Å²) in [6, 6.07) is 11.7. The van der Waals surface area contributed by atoms with Crippen molar-refractivity contribution in [2.24, 2.45) is 0 Å². The molecule has 0 saturated heterocycles. The molecule has 0 spiro atoms. The molecule has 0 aliphatic rings. The fourth-order valence-electron chi connectivity index (χ4n) is 3.09. The Hall–Kier alpha value is -3.30. The quantitative estimate of drug-likeness (QED) is 0.397. The lowest BCUT2D eigenvalue weighted by atomic mass is 10.1. The van der Waals surface area contributed by atoms with Crippen molar-refractivity contribution in [2.45, 2.75) is 13.0 Å². The van der Waals surface area contributed by atoms with Gasteiger partial charge in [-0.05, 0) is 36.8 Å². The Balaban J connectivity index is 1.74. The molecule has 4 rings (SSSR count). The number of hydrogen-bond acceptors (Lipinski definition) is 6. The number of H-pyrrole nitrogens is 1. The van der Waals surface area contributed by atoms with Crippen molar-refractivity contribution >= 4 is 17.2 Å². The zero-order valence-corrected chi connectivity index (χ0v) is 16.2. The molecule has 150 valence electrons. The van der Waals surface area contributed by atoms with E-state index >= 15 is 0 Å². The van der Waals surface area contributed by atoms with Crippen LogP contribution in [0.3, 0.4) is 0 Å². The summed E-state index contributed by atoms with van der Waals surface area (Å²) in [7, 11) is 1.64. The van der Waals surface area contributed by atoms with Gasteiger partial charge in [-0.25, -0.2) is 13.9 Å². The van der Waals surface area contributed by atoms with E-state index in [1.165, 1.54) is 12.1 Å². The number of aryl methyl sites for hydroxylation is 1. The molecule has 0 amide bonds. The van der Waals surface area contributed by atoms with Crippen LogP contribution >= 0.6 is 0 Å². The van der Waals surface area contributed by atoms with Gasteiger partial charge in [-0.2, -0.15) is 10.2 Å². The normalized spacial score (nSPS) is 12.4. The first-order chi connectivity index (χ1) is 14.1. The predicted molar refractivity (Wildman–Crippen MR) is 108 cm³/mol. The molecule has 0 radical (unpaired) electrons. The summed E-state index contributed by atoms with van der Waals surface area (Å²) in [4.78, 5) is 4.76. The van der Waals surface area contributed by atoms with Gasteiger partial charge in [0.1, 0.15) is 11.3 Å². The van der Waals surface area contributed by atoms with Crippen molar-refractivity contribution in [3.8, 4) is 0 Å². The van der Waals surface area contributed by atoms with Gasteiger partial charge in [0.25, 0.3) is 0 Å². The number of aromatic nitrogens is 5. The standard InChI is InChI=1S/C20H22FN7O/c1-13-12-17(26-25-13)23-19-16-4-3-10-28(16)27-20(24-19)18(22-9-11-29-2)14-5-7-15(21)8-6-14/h3-8,10,12,18,22H,9,11H2,1-2H3,(H2,23,24,25,26,27).